The third-order valence-electron chi connectivity index (χ3n) is 3.55. The summed E-state index contributed by atoms with van der Waals surface area (Å²) < 4.78 is 23.9. The topological polar surface area (TPSA) is 71.7 Å². The smallest absolute Gasteiger partial charge is 0.255 e. The molecule has 0 radical (unpaired) electrons. The van der Waals surface area contributed by atoms with E-state index in [0.29, 0.717) is 27.9 Å². The number of hydrogen-bond donors (Lipinski definition) is 2. The lowest BCUT2D eigenvalue weighted by Gasteiger charge is -2.04. The molecule has 1 heterocycles. The third-order valence-corrected chi connectivity index (χ3v) is 3.55. The van der Waals surface area contributed by atoms with Crippen molar-refractivity contribution < 1.29 is 23.4 Å². The van der Waals surface area contributed by atoms with Crippen LogP contribution in [0.4, 0.5) is 4.39 Å². The number of methoxy groups -OCH3 is 1. The molecule has 0 fully saturated rings. The van der Waals surface area contributed by atoms with Crippen molar-refractivity contribution in [2.45, 2.75) is 0 Å². The van der Waals surface area contributed by atoms with Gasteiger partial charge in [-0.3, -0.25) is 4.79 Å². The Morgan fingerprint density at radius 2 is 1.96 bits per heavy atom. The lowest BCUT2D eigenvalue weighted by Crippen LogP contribution is -2.18. The van der Waals surface area contributed by atoms with E-state index >= 15 is 0 Å². The van der Waals surface area contributed by atoms with Crippen LogP contribution in [0.1, 0.15) is 10.4 Å². The van der Waals surface area contributed by atoms with Crippen LogP contribution in [0, 0.1) is 5.82 Å². The molecule has 0 bridgehead atoms. The van der Waals surface area contributed by atoms with Gasteiger partial charge in [-0.2, -0.15) is 0 Å². The molecule has 118 valence electrons. The highest BCUT2D eigenvalue weighted by Crippen LogP contribution is 2.39. The molecule has 5 nitrogen and oxygen atoms in total. The van der Waals surface area contributed by atoms with Gasteiger partial charge in [0.2, 0.25) is 0 Å². The quantitative estimate of drug-likeness (QED) is 0.778. The summed E-state index contributed by atoms with van der Waals surface area (Å²) in [5.74, 6) is -0.300. The number of fused-ring (bicyclic) bond motifs is 1. The Kier molecular flexibility index (Phi) is 3.65. The Labute approximate surface area is 131 Å². The minimum absolute atomic E-state index is 0.0946. The number of phenols is 1. The van der Waals surface area contributed by atoms with Crippen molar-refractivity contribution in [2.24, 2.45) is 0 Å². The number of halogens is 1. The van der Waals surface area contributed by atoms with E-state index in [0.717, 1.165) is 0 Å². The van der Waals surface area contributed by atoms with Crippen molar-refractivity contribution in [3.8, 4) is 22.8 Å². The molecule has 0 saturated heterocycles. The standard InChI is InChI=1S/C17H14FNO4/c1-19-17(21)15-11-7-14(22-2)12(20)8-13(11)23-16(15)9-3-5-10(18)6-4-9/h3-8,20H,1-2H3,(H,19,21). The first-order chi connectivity index (χ1) is 11.0. The SMILES string of the molecule is CNC(=O)c1c(-c2ccc(F)cc2)oc2cc(O)c(OC)cc12. The fourth-order valence-electron chi connectivity index (χ4n) is 2.43. The van der Waals surface area contributed by atoms with Gasteiger partial charge < -0.3 is 19.6 Å². The normalized spacial score (nSPS) is 10.7. The molecular formula is C17H14FNO4. The zero-order valence-corrected chi connectivity index (χ0v) is 12.5. The predicted molar refractivity (Wildman–Crippen MR) is 83.2 cm³/mol. The minimum atomic E-state index is -0.384. The molecule has 0 spiro atoms. The number of carbonyl (C=O) groups is 1. The highest BCUT2D eigenvalue weighted by Gasteiger charge is 2.23. The van der Waals surface area contributed by atoms with Crippen LogP contribution in [0.15, 0.2) is 40.8 Å². The fourth-order valence-corrected chi connectivity index (χ4v) is 2.43. The Balaban J connectivity index is 2.32. The largest absolute Gasteiger partial charge is 0.504 e. The molecule has 2 N–H and O–H groups in total. The first kappa shape index (κ1) is 14.9. The summed E-state index contributed by atoms with van der Waals surface area (Å²) in [5, 5.41) is 12.9. The number of aromatic hydroxyl groups is 1. The van der Waals surface area contributed by atoms with Gasteiger partial charge in [-0.25, -0.2) is 4.39 Å². The second-order valence-electron chi connectivity index (χ2n) is 4.91. The van der Waals surface area contributed by atoms with Crippen LogP contribution in [-0.4, -0.2) is 25.2 Å². The van der Waals surface area contributed by atoms with E-state index in [2.05, 4.69) is 5.32 Å². The molecule has 23 heavy (non-hydrogen) atoms. The average Bonchev–Trinajstić information content (AvgIpc) is 2.92. The van der Waals surface area contributed by atoms with E-state index in [1.807, 2.05) is 0 Å². The summed E-state index contributed by atoms with van der Waals surface area (Å²) in [6.07, 6.45) is 0. The molecule has 0 aliphatic rings. The predicted octanol–water partition coefficient (Wildman–Crippen LogP) is 3.31. The average molecular weight is 315 g/mol. The number of amides is 1. The molecule has 0 unspecified atom stereocenters. The van der Waals surface area contributed by atoms with Gasteiger partial charge in [0, 0.05) is 24.1 Å². The van der Waals surface area contributed by atoms with Gasteiger partial charge in [-0.1, -0.05) is 0 Å². The molecule has 1 aromatic heterocycles. The van der Waals surface area contributed by atoms with Crippen molar-refractivity contribution in [1.29, 1.82) is 0 Å². The Bertz CT molecular complexity index is 884. The highest BCUT2D eigenvalue weighted by atomic mass is 19.1. The number of nitrogens with one attached hydrogen (secondary N) is 1. The van der Waals surface area contributed by atoms with Crippen molar-refractivity contribution in [2.75, 3.05) is 14.2 Å². The van der Waals surface area contributed by atoms with E-state index in [1.165, 1.54) is 50.6 Å². The minimum Gasteiger partial charge on any atom is -0.504 e. The number of rotatable bonds is 3. The van der Waals surface area contributed by atoms with Gasteiger partial charge in [-0.15, -0.1) is 0 Å². The van der Waals surface area contributed by atoms with Crippen LogP contribution in [0.3, 0.4) is 0 Å². The Morgan fingerprint density at radius 1 is 1.26 bits per heavy atom. The van der Waals surface area contributed by atoms with Gasteiger partial charge in [0.15, 0.2) is 11.5 Å². The number of carbonyl (C=O) groups excluding carboxylic acids is 1. The molecule has 0 aliphatic heterocycles. The maximum Gasteiger partial charge on any atom is 0.255 e. The maximum absolute atomic E-state index is 13.1. The van der Waals surface area contributed by atoms with Crippen LogP contribution in [0.2, 0.25) is 0 Å². The van der Waals surface area contributed by atoms with E-state index in [-0.39, 0.29) is 23.2 Å². The monoisotopic (exact) mass is 315 g/mol. The molecule has 3 aromatic rings. The fraction of sp³-hybridized carbons (Fsp3) is 0.118. The number of ether oxygens (including phenoxy) is 1. The number of hydrogen-bond acceptors (Lipinski definition) is 4. The molecular weight excluding hydrogens is 301 g/mol. The zero-order chi connectivity index (χ0) is 16.6. The van der Waals surface area contributed by atoms with Gasteiger partial charge in [0.1, 0.15) is 17.2 Å². The lowest BCUT2D eigenvalue weighted by molar-refractivity contribution is 0.0964. The van der Waals surface area contributed by atoms with E-state index in [1.54, 1.807) is 0 Å². The van der Waals surface area contributed by atoms with Crippen LogP contribution in [-0.2, 0) is 0 Å². The van der Waals surface area contributed by atoms with Crippen LogP contribution in [0.25, 0.3) is 22.3 Å². The van der Waals surface area contributed by atoms with E-state index in [9.17, 15) is 14.3 Å². The summed E-state index contributed by atoms with van der Waals surface area (Å²) in [4.78, 5) is 12.3. The molecule has 0 atom stereocenters. The van der Waals surface area contributed by atoms with Crippen LogP contribution in [0.5, 0.6) is 11.5 Å². The second kappa shape index (κ2) is 5.64. The molecule has 3 rings (SSSR count). The second-order valence-corrected chi connectivity index (χ2v) is 4.91. The highest BCUT2D eigenvalue weighted by molar-refractivity contribution is 6.11. The number of benzene rings is 2. The van der Waals surface area contributed by atoms with Crippen LogP contribution >= 0.6 is 0 Å². The van der Waals surface area contributed by atoms with Crippen molar-refractivity contribution in [1.82, 2.24) is 5.32 Å². The Morgan fingerprint density at radius 3 is 2.57 bits per heavy atom. The van der Waals surface area contributed by atoms with E-state index < -0.39 is 0 Å². The first-order valence-electron chi connectivity index (χ1n) is 6.86. The summed E-state index contributed by atoms with van der Waals surface area (Å²) in [6.45, 7) is 0. The van der Waals surface area contributed by atoms with Crippen molar-refractivity contribution >= 4 is 16.9 Å². The summed E-state index contributed by atoms with van der Waals surface area (Å²) >= 11 is 0. The molecule has 0 aliphatic carbocycles. The number of phenolic OH excluding ortho intramolecular Hbond substituents is 1. The molecule has 1 amide bonds. The van der Waals surface area contributed by atoms with Gasteiger partial charge in [0.25, 0.3) is 5.91 Å². The van der Waals surface area contributed by atoms with E-state index in [4.69, 9.17) is 9.15 Å². The molecule has 0 saturated carbocycles. The Hall–Kier alpha value is -3.02. The van der Waals surface area contributed by atoms with Crippen molar-refractivity contribution in [3.63, 3.8) is 0 Å². The first-order valence-corrected chi connectivity index (χ1v) is 6.86. The number of furan rings is 1. The van der Waals surface area contributed by atoms with Gasteiger partial charge >= 0.3 is 0 Å². The third kappa shape index (κ3) is 2.48. The van der Waals surface area contributed by atoms with Crippen molar-refractivity contribution in [3.05, 3.63) is 47.8 Å². The summed E-state index contributed by atoms with van der Waals surface area (Å²) in [5.41, 5.74) is 1.19. The zero-order valence-electron chi connectivity index (χ0n) is 12.5. The summed E-state index contributed by atoms with van der Waals surface area (Å²) in [7, 11) is 2.93. The van der Waals surface area contributed by atoms with Crippen LogP contribution < -0.4 is 10.1 Å². The molecule has 6 heteroatoms. The maximum atomic E-state index is 13.1. The lowest BCUT2D eigenvalue weighted by atomic mass is 10.0. The van der Waals surface area contributed by atoms with Gasteiger partial charge in [0.05, 0.1) is 12.7 Å². The summed E-state index contributed by atoms with van der Waals surface area (Å²) in [6, 6.07) is 8.54. The molecule has 2 aromatic carbocycles. The van der Waals surface area contributed by atoms with Gasteiger partial charge in [-0.05, 0) is 30.3 Å².